The van der Waals surface area contributed by atoms with Gasteiger partial charge >= 0.3 is 0 Å². The van der Waals surface area contributed by atoms with Gasteiger partial charge in [-0.2, -0.15) is 0 Å². The molecule has 0 aromatic heterocycles. The Kier molecular flexibility index (Phi) is 10.7. The molecular formula is C35H44O7. The number of carbonyl (C=O) groups is 1. The molecule has 42 heavy (non-hydrogen) atoms. The Morgan fingerprint density at radius 1 is 0.762 bits per heavy atom. The van der Waals surface area contributed by atoms with E-state index in [1.165, 1.54) is 5.57 Å². The summed E-state index contributed by atoms with van der Waals surface area (Å²) in [6.07, 6.45) is 7.33. The normalized spacial score (nSPS) is 16.4. The highest BCUT2D eigenvalue weighted by Crippen LogP contribution is 2.48. The first kappa shape index (κ1) is 32.5. The number of benzene rings is 2. The third kappa shape index (κ3) is 7.45. The number of aliphatic hydroxyl groups is 1. The summed E-state index contributed by atoms with van der Waals surface area (Å²) in [6, 6.07) is 2.62. The standard InChI is InChI=1S/C35H44O7/c1-19(2)9-8-10-22(7)13-16-25-30(38)23(14-11-20(3)4)17-26(31(25)39)35-33(41)32(40)29-28(37)18-27(36)24(34(29)42-35)15-12-21(5)6/h9,11-13,17-18,33,35-39,41H,8,10,14-16H2,1-7H3/b22-13+/t33-,35+/m0/s1. The topological polar surface area (TPSA) is 127 Å². The number of hydrogen-bond acceptors (Lipinski definition) is 7. The zero-order valence-electron chi connectivity index (χ0n) is 25.7. The van der Waals surface area contributed by atoms with Crippen LogP contribution in [0.5, 0.6) is 28.7 Å². The predicted octanol–water partition coefficient (Wildman–Crippen LogP) is 7.44. The van der Waals surface area contributed by atoms with E-state index in [9.17, 15) is 30.3 Å². The van der Waals surface area contributed by atoms with E-state index in [1.54, 1.807) is 6.07 Å². The molecule has 0 unspecified atom stereocenters. The van der Waals surface area contributed by atoms with Gasteiger partial charge in [0.1, 0.15) is 34.3 Å². The summed E-state index contributed by atoms with van der Waals surface area (Å²) in [6.45, 7) is 13.8. The Labute approximate surface area is 248 Å². The van der Waals surface area contributed by atoms with Crippen molar-refractivity contribution in [3.05, 3.63) is 86.5 Å². The SMILES string of the molecule is CC(C)=CCC/C(C)=C/Cc1c(O)c(CC=C(C)C)cc([C@H]2Oc3c(CC=C(C)C)c(O)cc(O)c3C(=O)[C@@H]2O)c1O. The number of carbonyl (C=O) groups excluding carboxylic acids is 1. The summed E-state index contributed by atoms with van der Waals surface area (Å²) in [5.74, 6) is -1.91. The summed E-state index contributed by atoms with van der Waals surface area (Å²) < 4.78 is 6.18. The van der Waals surface area contributed by atoms with Crippen molar-refractivity contribution in [1.29, 1.82) is 0 Å². The maximum absolute atomic E-state index is 13.4. The number of ether oxygens (including phenoxy) is 1. The van der Waals surface area contributed by atoms with E-state index in [2.05, 4.69) is 6.08 Å². The number of Topliss-reactive ketones (excluding diaryl/α,β-unsaturated/α-hetero) is 1. The van der Waals surface area contributed by atoms with Crippen LogP contribution >= 0.6 is 0 Å². The lowest BCUT2D eigenvalue weighted by Crippen LogP contribution is -2.37. The smallest absolute Gasteiger partial charge is 0.202 e. The number of aliphatic hydroxyl groups excluding tert-OH is 1. The summed E-state index contributed by atoms with van der Waals surface area (Å²) in [7, 11) is 0. The third-order valence-corrected chi connectivity index (χ3v) is 7.36. The molecule has 1 heterocycles. The average Bonchev–Trinajstić information content (AvgIpc) is 2.89. The van der Waals surface area contributed by atoms with Crippen LogP contribution in [0.2, 0.25) is 0 Å². The van der Waals surface area contributed by atoms with Crippen LogP contribution in [0.15, 0.2) is 58.7 Å². The van der Waals surface area contributed by atoms with Gasteiger partial charge in [0.15, 0.2) is 12.2 Å². The Balaban J connectivity index is 2.16. The van der Waals surface area contributed by atoms with Crippen molar-refractivity contribution in [3.8, 4) is 28.7 Å². The number of ketones is 1. The zero-order valence-corrected chi connectivity index (χ0v) is 25.7. The number of hydrogen-bond donors (Lipinski definition) is 5. The molecule has 7 nitrogen and oxygen atoms in total. The van der Waals surface area contributed by atoms with Crippen molar-refractivity contribution in [2.45, 2.75) is 92.8 Å². The largest absolute Gasteiger partial charge is 0.507 e. The highest BCUT2D eigenvalue weighted by Gasteiger charge is 2.42. The van der Waals surface area contributed by atoms with Gasteiger partial charge in [0.25, 0.3) is 0 Å². The highest BCUT2D eigenvalue weighted by atomic mass is 16.5. The fraction of sp³-hybridized carbons (Fsp3) is 0.400. The maximum atomic E-state index is 13.4. The lowest BCUT2D eigenvalue weighted by molar-refractivity contribution is 0.0198. The molecule has 2 aromatic rings. The Morgan fingerprint density at radius 3 is 1.98 bits per heavy atom. The molecule has 2 aromatic carbocycles. The molecule has 0 saturated heterocycles. The van der Waals surface area contributed by atoms with Gasteiger partial charge in [-0.1, -0.05) is 46.6 Å². The van der Waals surface area contributed by atoms with Crippen molar-refractivity contribution >= 4 is 5.78 Å². The maximum Gasteiger partial charge on any atom is 0.202 e. The predicted molar refractivity (Wildman–Crippen MR) is 166 cm³/mol. The van der Waals surface area contributed by atoms with Crippen LogP contribution in [0, 0.1) is 0 Å². The number of phenolic OH excluding ortho intramolecular Hbond substituents is 4. The molecule has 7 heteroatoms. The van der Waals surface area contributed by atoms with E-state index in [1.807, 2.05) is 66.7 Å². The number of rotatable bonds is 10. The second-order valence-electron chi connectivity index (χ2n) is 11.8. The molecule has 0 aliphatic carbocycles. The quantitative estimate of drug-likeness (QED) is 0.186. The van der Waals surface area contributed by atoms with Crippen molar-refractivity contribution < 1.29 is 35.1 Å². The molecular weight excluding hydrogens is 532 g/mol. The first-order chi connectivity index (χ1) is 19.7. The van der Waals surface area contributed by atoms with Gasteiger partial charge in [-0.15, -0.1) is 0 Å². The van der Waals surface area contributed by atoms with E-state index in [-0.39, 0.29) is 58.1 Å². The number of allylic oxidation sites excluding steroid dienone is 8. The molecule has 2 atom stereocenters. The van der Waals surface area contributed by atoms with Gasteiger partial charge in [-0.25, -0.2) is 0 Å². The van der Waals surface area contributed by atoms with E-state index < -0.39 is 23.7 Å². The summed E-state index contributed by atoms with van der Waals surface area (Å²) in [4.78, 5) is 13.4. The van der Waals surface area contributed by atoms with Gasteiger partial charge in [0.05, 0.1) is 0 Å². The van der Waals surface area contributed by atoms with E-state index >= 15 is 0 Å². The van der Waals surface area contributed by atoms with E-state index in [0.29, 0.717) is 12.0 Å². The van der Waals surface area contributed by atoms with Crippen LogP contribution in [0.3, 0.4) is 0 Å². The van der Waals surface area contributed by atoms with Gasteiger partial charge in [0.2, 0.25) is 5.78 Å². The molecule has 0 amide bonds. The first-order valence-electron chi connectivity index (χ1n) is 14.3. The molecule has 226 valence electrons. The fourth-order valence-electron chi connectivity index (χ4n) is 4.91. The number of aromatic hydroxyl groups is 4. The molecule has 1 aliphatic heterocycles. The van der Waals surface area contributed by atoms with Crippen molar-refractivity contribution in [2.24, 2.45) is 0 Å². The minimum Gasteiger partial charge on any atom is -0.507 e. The second kappa shape index (κ2) is 13.8. The Hall–Kier alpha value is -3.97. The third-order valence-electron chi connectivity index (χ3n) is 7.36. The average molecular weight is 577 g/mol. The Bertz CT molecular complexity index is 1460. The minimum absolute atomic E-state index is 0.0415. The molecule has 0 saturated carbocycles. The van der Waals surface area contributed by atoms with E-state index in [0.717, 1.165) is 35.6 Å². The van der Waals surface area contributed by atoms with Crippen LogP contribution in [-0.4, -0.2) is 37.4 Å². The molecule has 1 aliphatic rings. The molecule has 0 bridgehead atoms. The van der Waals surface area contributed by atoms with Crippen LogP contribution in [0.1, 0.15) is 100 Å². The Morgan fingerprint density at radius 2 is 1.36 bits per heavy atom. The molecule has 0 radical (unpaired) electrons. The molecule has 3 rings (SSSR count). The van der Waals surface area contributed by atoms with Crippen LogP contribution in [0.25, 0.3) is 0 Å². The van der Waals surface area contributed by atoms with Crippen LogP contribution < -0.4 is 4.74 Å². The van der Waals surface area contributed by atoms with Crippen LogP contribution in [-0.2, 0) is 19.3 Å². The van der Waals surface area contributed by atoms with E-state index in [4.69, 9.17) is 4.74 Å². The fourth-order valence-corrected chi connectivity index (χ4v) is 4.91. The summed E-state index contributed by atoms with van der Waals surface area (Å²) in [5.41, 5.74) is 5.32. The summed E-state index contributed by atoms with van der Waals surface area (Å²) in [5, 5.41) is 55.0. The van der Waals surface area contributed by atoms with Gasteiger partial charge < -0.3 is 30.3 Å². The first-order valence-corrected chi connectivity index (χ1v) is 14.3. The lowest BCUT2D eigenvalue weighted by Gasteiger charge is -2.32. The zero-order chi connectivity index (χ0) is 31.3. The van der Waals surface area contributed by atoms with Crippen molar-refractivity contribution in [1.82, 2.24) is 0 Å². The monoisotopic (exact) mass is 576 g/mol. The lowest BCUT2D eigenvalue weighted by atomic mass is 9.87. The van der Waals surface area contributed by atoms with Crippen molar-refractivity contribution in [2.75, 3.05) is 0 Å². The highest BCUT2D eigenvalue weighted by molar-refractivity contribution is 6.06. The van der Waals surface area contributed by atoms with Crippen molar-refractivity contribution in [3.63, 3.8) is 0 Å². The van der Waals surface area contributed by atoms with Gasteiger partial charge in [-0.05, 0) is 92.2 Å². The van der Waals surface area contributed by atoms with Crippen LogP contribution in [0.4, 0.5) is 0 Å². The van der Waals surface area contributed by atoms with Gasteiger partial charge in [0, 0.05) is 22.8 Å². The minimum atomic E-state index is -1.75. The van der Waals surface area contributed by atoms with Gasteiger partial charge in [-0.3, -0.25) is 4.79 Å². The second-order valence-corrected chi connectivity index (χ2v) is 11.8. The number of phenols is 4. The number of fused-ring (bicyclic) bond motifs is 1. The molecule has 5 N–H and O–H groups in total. The molecule has 0 spiro atoms. The molecule has 0 fully saturated rings. The summed E-state index contributed by atoms with van der Waals surface area (Å²) >= 11 is 0.